The molecule has 0 aliphatic carbocycles. The number of unbranched alkanes of at least 4 members (excludes halogenated alkanes) is 1. The van der Waals surface area contributed by atoms with Crippen molar-refractivity contribution in [1.29, 1.82) is 0 Å². The molecule has 53 heavy (non-hydrogen) atoms. The summed E-state index contributed by atoms with van der Waals surface area (Å²) >= 11 is 0. The monoisotopic (exact) mass is 764 g/mol. The second kappa shape index (κ2) is 22.1. The topological polar surface area (TPSA) is 271 Å². The van der Waals surface area contributed by atoms with Crippen molar-refractivity contribution in [3.8, 4) is 0 Å². The zero-order valence-electron chi connectivity index (χ0n) is 30.6. The van der Waals surface area contributed by atoms with E-state index in [0.717, 1.165) is 19.8 Å². The molecule has 0 aliphatic heterocycles. The first kappa shape index (κ1) is 44.9. The molecule has 1 heterocycles. The van der Waals surface area contributed by atoms with E-state index in [2.05, 4.69) is 25.1 Å². The number of aliphatic hydroxyl groups is 1. The SMILES string of the molecule is CC(=O)N(CCCCc1ccccc1)CC(=O)N[C@@H](CC(C)C)C(=O)C[C@@H](Cc1cnc[nH]1)C(=O)N[C@@H](CO)C(=O)C[C@H](C(N)=O)[C@@H](C)OP(=O)(O)O. The molecule has 0 bridgehead atoms. The van der Waals surface area contributed by atoms with Crippen LogP contribution >= 0.6 is 7.82 Å². The van der Waals surface area contributed by atoms with Gasteiger partial charge in [-0.15, -0.1) is 0 Å². The summed E-state index contributed by atoms with van der Waals surface area (Å²) in [6.07, 6.45) is 2.74. The number of primary amides is 1. The summed E-state index contributed by atoms with van der Waals surface area (Å²) in [6.45, 7) is 5.42. The van der Waals surface area contributed by atoms with Gasteiger partial charge in [0.2, 0.25) is 23.6 Å². The Morgan fingerprint density at radius 3 is 2.19 bits per heavy atom. The number of imidazole rings is 1. The average Bonchev–Trinajstić information content (AvgIpc) is 3.59. The van der Waals surface area contributed by atoms with Gasteiger partial charge in [-0.3, -0.25) is 33.3 Å². The van der Waals surface area contributed by atoms with Crippen LogP contribution < -0.4 is 16.4 Å². The summed E-state index contributed by atoms with van der Waals surface area (Å²) in [5, 5.41) is 15.1. The number of carbonyl (C=O) groups is 6. The normalized spacial score (nSPS) is 14.4. The number of phosphoric ester groups is 1. The van der Waals surface area contributed by atoms with Crippen molar-refractivity contribution in [2.24, 2.45) is 23.5 Å². The number of hydrogen-bond donors (Lipinski definition) is 7. The van der Waals surface area contributed by atoms with Crippen LogP contribution in [-0.2, 0) is 50.7 Å². The Morgan fingerprint density at radius 2 is 1.64 bits per heavy atom. The number of carbonyl (C=O) groups excluding carboxylic acids is 6. The van der Waals surface area contributed by atoms with Crippen molar-refractivity contribution in [2.75, 3.05) is 19.7 Å². The van der Waals surface area contributed by atoms with Crippen LogP contribution in [0.4, 0.5) is 0 Å². The average molecular weight is 765 g/mol. The van der Waals surface area contributed by atoms with Crippen molar-refractivity contribution in [3.63, 3.8) is 0 Å². The molecule has 0 unspecified atom stereocenters. The third kappa shape index (κ3) is 16.9. The highest BCUT2D eigenvalue weighted by Gasteiger charge is 2.35. The Balaban J connectivity index is 2.15. The number of rotatable bonds is 25. The lowest BCUT2D eigenvalue weighted by Crippen LogP contribution is -2.50. The lowest BCUT2D eigenvalue weighted by atomic mass is 9.89. The number of benzene rings is 1. The van der Waals surface area contributed by atoms with E-state index in [0.29, 0.717) is 18.7 Å². The lowest BCUT2D eigenvalue weighted by Gasteiger charge is -2.26. The van der Waals surface area contributed by atoms with Gasteiger partial charge in [-0.1, -0.05) is 44.2 Å². The third-order valence-corrected chi connectivity index (χ3v) is 9.19. The molecule has 4 amide bonds. The van der Waals surface area contributed by atoms with Gasteiger partial charge in [-0.05, 0) is 44.1 Å². The second-order valence-electron chi connectivity index (χ2n) is 13.5. The maximum atomic E-state index is 13.8. The Labute approximate surface area is 309 Å². The predicted molar refractivity (Wildman–Crippen MR) is 192 cm³/mol. The quantitative estimate of drug-likeness (QED) is 0.0551. The van der Waals surface area contributed by atoms with Gasteiger partial charge in [-0.2, -0.15) is 0 Å². The molecular formula is C35H53N6O11P. The van der Waals surface area contributed by atoms with Gasteiger partial charge in [0.05, 0.1) is 43.5 Å². The predicted octanol–water partition coefficient (Wildman–Crippen LogP) is 0.966. The number of amides is 4. The lowest BCUT2D eigenvalue weighted by molar-refractivity contribution is -0.137. The van der Waals surface area contributed by atoms with Crippen LogP contribution in [0.25, 0.3) is 0 Å². The van der Waals surface area contributed by atoms with Gasteiger partial charge >= 0.3 is 7.82 Å². The van der Waals surface area contributed by atoms with Crippen molar-refractivity contribution in [3.05, 3.63) is 54.1 Å². The molecule has 0 saturated carbocycles. The number of phosphoric acid groups is 1. The minimum absolute atomic E-state index is 0.0373. The Bertz CT molecular complexity index is 1550. The standard InChI is InChI=1S/C35H53N6O11P/c1-22(2)14-29(39-33(46)19-41(24(4)43)13-9-8-12-25-10-6-5-7-11-25)31(44)16-26(15-27-18-37-21-38-27)35(48)40-30(20-42)32(45)17-28(34(36)47)23(3)52-53(49,50)51/h5-7,10-11,18,21-23,26,28-30,42H,8-9,12-17,19-20H2,1-4H3,(H2,36,47)(H,37,38)(H,39,46)(H,40,48)(H2,49,50,51)/t23-,26-,28+,29+,30+/m1/s1. The van der Waals surface area contributed by atoms with Gasteiger partial charge in [0, 0.05) is 44.6 Å². The maximum absolute atomic E-state index is 13.8. The van der Waals surface area contributed by atoms with E-state index < -0.39 is 80.2 Å². The van der Waals surface area contributed by atoms with Crippen LogP contribution in [0.3, 0.4) is 0 Å². The third-order valence-electron chi connectivity index (χ3n) is 8.58. The summed E-state index contributed by atoms with van der Waals surface area (Å²) in [4.78, 5) is 105. The fraction of sp³-hybridized carbons (Fsp3) is 0.571. The van der Waals surface area contributed by atoms with E-state index in [4.69, 9.17) is 15.5 Å². The molecule has 0 fully saturated rings. The minimum Gasteiger partial charge on any atom is -0.394 e. The van der Waals surface area contributed by atoms with Gasteiger partial charge in [0.1, 0.15) is 6.04 Å². The molecule has 2 rings (SSSR count). The van der Waals surface area contributed by atoms with Crippen LogP contribution in [-0.4, -0.2) is 103 Å². The molecule has 0 radical (unpaired) electrons. The minimum atomic E-state index is -5.04. The Morgan fingerprint density at radius 1 is 0.981 bits per heavy atom. The Hall–Kier alpha value is -4.28. The molecule has 17 nitrogen and oxygen atoms in total. The smallest absolute Gasteiger partial charge is 0.394 e. The zero-order chi connectivity index (χ0) is 39.7. The van der Waals surface area contributed by atoms with Crippen molar-refractivity contribution in [1.82, 2.24) is 25.5 Å². The van der Waals surface area contributed by atoms with E-state index >= 15 is 0 Å². The number of nitrogens with one attached hydrogen (secondary N) is 3. The summed E-state index contributed by atoms with van der Waals surface area (Å²) < 4.78 is 15.8. The number of Topliss-reactive ketones (excluding diaryl/α,β-unsaturated/α-hetero) is 2. The largest absolute Gasteiger partial charge is 0.469 e. The molecule has 0 saturated heterocycles. The van der Waals surface area contributed by atoms with Gasteiger partial charge < -0.3 is 41.1 Å². The molecular weight excluding hydrogens is 711 g/mol. The number of ketones is 2. The number of H-pyrrole nitrogens is 1. The summed E-state index contributed by atoms with van der Waals surface area (Å²) in [6, 6.07) is 7.32. The summed E-state index contributed by atoms with van der Waals surface area (Å²) in [5.41, 5.74) is 7.00. The summed E-state index contributed by atoms with van der Waals surface area (Å²) in [5.74, 6) is -6.75. The highest BCUT2D eigenvalue weighted by Crippen LogP contribution is 2.39. The first-order valence-electron chi connectivity index (χ1n) is 17.5. The number of nitrogens with two attached hydrogens (primary N) is 1. The van der Waals surface area contributed by atoms with Crippen LogP contribution in [0.5, 0.6) is 0 Å². The first-order valence-corrected chi connectivity index (χ1v) is 19.0. The van der Waals surface area contributed by atoms with Crippen molar-refractivity contribution < 1.29 is 52.7 Å². The molecule has 2 aromatic rings. The van der Waals surface area contributed by atoms with Crippen LogP contribution in [0.1, 0.15) is 71.1 Å². The fourth-order valence-corrected chi connectivity index (χ4v) is 6.33. The number of aryl methyl sites for hydroxylation is 1. The van der Waals surface area contributed by atoms with Gasteiger partial charge in [0.15, 0.2) is 11.6 Å². The number of hydrogen-bond acceptors (Lipinski definition) is 10. The van der Waals surface area contributed by atoms with Crippen LogP contribution in [0.2, 0.25) is 0 Å². The van der Waals surface area contributed by atoms with E-state index in [-0.39, 0.29) is 37.6 Å². The maximum Gasteiger partial charge on any atom is 0.469 e. The molecule has 5 atom stereocenters. The van der Waals surface area contributed by atoms with E-state index in [1.165, 1.54) is 29.9 Å². The first-order chi connectivity index (χ1) is 24.9. The van der Waals surface area contributed by atoms with Crippen molar-refractivity contribution in [2.45, 2.75) is 90.8 Å². The van der Waals surface area contributed by atoms with E-state index in [1.54, 1.807) is 0 Å². The number of nitrogens with zero attached hydrogens (tertiary/aromatic N) is 2. The highest BCUT2D eigenvalue weighted by atomic mass is 31.2. The molecule has 0 spiro atoms. The number of aromatic amines is 1. The molecule has 18 heteroatoms. The second-order valence-corrected chi connectivity index (χ2v) is 14.7. The fourth-order valence-electron chi connectivity index (χ4n) is 5.75. The molecule has 0 aliphatic rings. The molecule has 1 aromatic carbocycles. The van der Waals surface area contributed by atoms with Crippen molar-refractivity contribution >= 4 is 43.0 Å². The van der Waals surface area contributed by atoms with Crippen LogP contribution in [0.15, 0.2) is 42.9 Å². The molecule has 8 N–H and O–H groups in total. The number of aromatic nitrogens is 2. The Kier molecular flexibility index (Phi) is 18.7. The van der Waals surface area contributed by atoms with E-state index in [9.17, 15) is 38.4 Å². The molecule has 294 valence electrons. The van der Waals surface area contributed by atoms with Gasteiger partial charge in [0.25, 0.3) is 0 Å². The van der Waals surface area contributed by atoms with Crippen LogP contribution in [0, 0.1) is 17.8 Å². The number of aliphatic hydroxyl groups excluding tert-OH is 1. The molecule has 1 aromatic heterocycles. The summed E-state index contributed by atoms with van der Waals surface area (Å²) in [7, 11) is -5.04. The van der Waals surface area contributed by atoms with Gasteiger partial charge in [-0.25, -0.2) is 9.55 Å². The van der Waals surface area contributed by atoms with E-state index in [1.807, 2.05) is 44.2 Å². The zero-order valence-corrected chi connectivity index (χ0v) is 31.5. The highest BCUT2D eigenvalue weighted by molar-refractivity contribution is 7.46.